The SMILES string of the molecule is CC[C@@H](O)[C@@](C)(O)[C@@H]1ON=C([C@H](C)C[C@@](C)(O[Si](CC)(CC)CC)[C@@H]2ON=C([C@@H](C)CO)[C@@H]2C)[C@@H]1C. The van der Waals surface area contributed by atoms with Gasteiger partial charge >= 0.3 is 0 Å². The molecule has 2 rings (SSSR count). The molecule has 0 amide bonds. The zero-order chi connectivity index (χ0) is 27.5. The van der Waals surface area contributed by atoms with Crippen LogP contribution in [0.25, 0.3) is 0 Å². The van der Waals surface area contributed by atoms with Gasteiger partial charge in [-0.2, -0.15) is 0 Å². The maximum absolute atomic E-state index is 11.0. The van der Waals surface area contributed by atoms with E-state index in [-0.39, 0.29) is 36.4 Å². The number of oxime groups is 2. The van der Waals surface area contributed by atoms with Crippen molar-refractivity contribution in [2.45, 2.75) is 130 Å². The second-order valence-electron chi connectivity index (χ2n) is 11.7. The van der Waals surface area contributed by atoms with E-state index in [1.807, 2.05) is 20.8 Å². The summed E-state index contributed by atoms with van der Waals surface area (Å²) in [4.78, 5) is 11.8. The third-order valence-corrected chi connectivity index (χ3v) is 13.8. The molecule has 0 saturated carbocycles. The van der Waals surface area contributed by atoms with Crippen molar-refractivity contribution in [3.63, 3.8) is 0 Å². The molecule has 0 bridgehead atoms. The van der Waals surface area contributed by atoms with E-state index in [9.17, 15) is 15.3 Å². The lowest BCUT2D eigenvalue weighted by molar-refractivity contribution is -0.156. The Morgan fingerprint density at radius 2 is 1.39 bits per heavy atom. The first-order valence-corrected chi connectivity index (χ1v) is 16.5. The van der Waals surface area contributed by atoms with Gasteiger partial charge in [-0.05, 0) is 44.8 Å². The minimum Gasteiger partial charge on any atom is -0.408 e. The molecule has 0 aliphatic carbocycles. The second kappa shape index (κ2) is 12.2. The lowest BCUT2D eigenvalue weighted by Crippen LogP contribution is -2.56. The zero-order valence-corrected chi connectivity index (χ0v) is 25.2. The number of aliphatic hydroxyl groups excluding tert-OH is 2. The fourth-order valence-corrected chi connectivity index (χ4v) is 9.43. The van der Waals surface area contributed by atoms with Crippen molar-refractivity contribution in [2.75, 3.05) is 6.61 Å². The van der Waals surface area contributed by atoms with Gasteiger partial charge in [-0.15, -0.1) is 0 Å². The second-order valence-corrected chi connectivity index (χ2v) is 16.4. The minimum absolute atomic E-state index is 0.00282. The summed E-state index contributed by atoms with van der Waals surface area (Å²) in [5.74, 6) is -0.224. The molecular weight excluding hydrogens is 476 g/mol. The maximum atomic E-state index is 11.0. The van der Waals surface area contributed by atoms with Crippen LogP contribution in [-0.2, 0) is 14.1 Å². The third kappa shape index (κ3) is 6.01. The normalized spacial score (nSPS) is 30.4. The molecule has 210 valence electrons. The van der Waals surface area contributed by atoms with E-state index in [0.29, 0.717) is 12.8 Å². The molecule has 0 saturated heterocycles. The smallest absolute Gasteiger partial charge is 0.193 e. The summed E-state index contributed by atoms with van der Waals surface area (Å²) in [5.41, 5.74) is -0.286. The first-order valence-electron chi connectivity index (χ1n) is 14.0. The highest BCUT2D eigenvalue weighted by Crippen LogP contribution is 2.42. The van der Waals surface area contributed by atoms with Gasteiger partial charge in [-0.3, -0.25) is 0 Å². The molecule has 0 aromatic rings. The molecule has 2 aliphatic rings. The first-order chi connectivity index (χ1) is 16.8. The molecule has 8 nitrogen and oxygen atoms in total. The van der Waals surface area contributed by atoms with Crippen molar-refractivity contribution in [1.82, 2.24) is 0 Å². The lowest BCUT2D eigenvalue weighted by atomic mass is 9.75. The average Bonchev–Trinajstić information content (AvgIpc) is 3.44. The Kier molecular flexibility index (Phi) is 10.6. The molecule has 9 atom stereocenters. The Bertz CT molecular complexity index is 778. The van der Waals surface area contributed by atoms with Crippen molar-refractivity contribution in [2.24, 2.45) is 34.0 Å². The van der Waals surface area contributed by atoms with E-state index in [1.165, 1.54) is 0 Å². The van der Waals surface area contributed by atoms with Crippen LogP contribution in [0.4, 0.5) is 0 Å². The number of rotatable bonds is 14. The van der Waals surface area contributed by atoms with Gasteiger partial charge in [0, 0.05) is 23.7 Å². The van der Waals surface area contributed by atoms with Gasteiger partial charge in [0.05, 0.1) is 29.7 Å². The van der Waals surface area contributed by atoms with Crippen LogP contribution in [0.1, 0.15) is 82.1 Å². The molecule has 0 unspecified atom stereocenters. The first kappa shape index (κ1) is 31.2. The van der Waals surface area contributed by atoms with Gasteiger partial charge in [0.2, 0.25) is 0 Å². The standard InChI is InChI=1S/C27H52N2O6Si/c1-11-21(31)27(10,32)25-20(8)22(28-34-25)17(5)15-26(9,35-36(12-2,13-3)14-4)24-19(7)23(29-33-24)18(6)16-30/h17-21,24-25,30-32H,11-16H2,1-10H3/t17-,18+,19+,20+,21-,24-,25-,26-,27-/m1/s1. The molecule has 2 heterocycles. The highest BCUT2D eigenvalue weighted by Gasteiger charge is 2.53. The number of nitrogens with zero attached hydrogens (tertiary/aromatic N) is 2. The molecule has 0 aromatic carbocycles. The van der Waals surface area contributed by atoms with Crippen LogP contribution in [0.3, 0.4) is 0 Å². The van der Waals surface area contributed by atoms with Crippen LogP contribution >= 0.6 is 0 Å². The number of hydrogen-bond acceptors (Lipinski definition) is 8. The van der Waals surface area contributed by atoms with Crippen LogP contribution in [-0.4, -0.2) is 71.2 Å². The Labute approximate surface area is 219 Å². The van der Waals surface area contributed by atoms with E-state index >= 15 is 0 Å². The Balaban J connectivity index is 2.34. The molecule has 36 heavy (non-hydrogen) atoms. The summed E-state index contributed by atoms with van der Waals surface area (Å²) < 4.78 is 7.20. The molecule has 0 radical (unpaired) electrons. The molecular formula is C27H52N2O6Si. The van der Waals surface area contributed by atoms with Gasteiger partial charge in [0.25, 0.3) is 0 Å². The van der Waals surface area contributed by atoms with Crippen LogP contribution in [0.5, 0.6) is 0 Å². The van der Waals surface area contributed by atoms with E-state index in [0.717, 1.165) is 29.6 Å². The summed E-state index contributed by atoms with van der Waals surface area (Å²) in [5, 5.41) is 40.0. The molecule has 0 fully saturated rings. The zero-order valence-electron chi connectivity index (χ0n) is 24.2. The number of aliphatic hydroxyl groups is 3. The maximum Gasteiger partial charge on any atom is 0.193 e. The van der Waals surface area contributed by atoms with Crippen LogP contribution in [0, 0.1) is 23.7 Å². The quantitative estimate of drug-likeness (QED) is 0.281. The summed E-state index contributed by atoms with van der Waals surface area (Å²) in [7, 11) is -2.02. The summed E-state index contributed by atoms with van der Waals surface area (Å²) >= 11 is 0. The molecule has 2 aliphatic heterocycles. The summed E-state index contributed by atoms with van der Waals surface area (Å²) in [6, 6.07) is 3.06. The highest BCUT2D eigenvalue weighted by molar-refractivity contribution is 6.73. The van der Waals surface area contributed by atoms with Crippen molar-refractivity contribution >= 4 is 19.7 Å². The van der Waals surface area contributed by atoms with Gasteiger partial charge in [-0.25, -0.2) is 0 Å². The molecule has 9 heteroatoms. The van der Waals surface area contributed by atoms with Crippen LogP contribution in [0.15, 0.2) is 10.3 Å². The molecule has 0 spiro atoms. The van der Waals surface area contributed by atoms with Crippen molar-refractivity contribution in [1.29, 1.82) is 0 Å². The summed E-state index contributed by atoms with van der Waals surface area (Å²) in [6.45, 7) is 20.5. The molecule has 0 aromatic heterocycles. The largest absolute Gasteiger partial charge is 0.408 e. The predicted molar refractivity (Wildman–Crippen MR) is 147 cm³/mol. The fourth-order valence-electron chi connectivity index (χ4n) is 6.31. The van der Waals surface area contributed by atoms with E-state index in [2.05, 4.69) is 51.9 Å². The predicted octanol–water partition coefficient (Wildman–Crippen LogP) is 4.73. The Hall–Kier alpha value is -1.00. The lowest BCUT2D eigenvalue weighted by Gasteiger charge is -2.45. The highest BCUT2D eigenvalue weighted by atomic mass is 28.4. The Morgan fingerprint density at radius 3 is 1.86 bits per heavy atom. The van der Waals surface area contributed by atoms with Gasteiger partial charge in [0.1, 0.15) is 5.60 Å². The average molecular weight is 529 g/mol. The van der Waals surface area contributed by atoms with Gasteiger partial charge in [-0.1, -0.05) is 65.7 Å². The summed E-state index contributed by atoms with van der Waals surface area (Å²) in [6.07, 6.45) is -0.704. The van der Waals surface area contributed by atoms with Crippen molar-refractivity contribution < 1.29 is 29.4 Å². The van der Waals surface area contributed by atoms with E-state index in [1.54, 1.807) is 6.92 Å². The Morgan fingerprint density at radius 1 is 0.917 bits per heavy atom. The minimum atomic E-state index is -2.02. The van der Waals surface area contributed by atoms with Crippen molar-refractivity contribution in [3.8, 4) is 0 Å². The third-order valence-electron chi connectivity index (χ3n) is 9.00. The van der Waals surface area contributed by atoms with Crippen molar-refractivity contribution in [3.05, 3.63) is 0 Å². The van der Waals surface area contributed by atoms with E-state index in [4.69, 9.17) is 14.1 Å². The van der Waals surface area contributed by atoms with Gasteiger partial charge < -0.3 is 29.4 Å². The monoisotopic (exact) mass is 528 g/mol. The van der Waals surface area contributed by atoms with Crippen LogP contribution < -0.4 is 0 Å². The van der Waals surface area contributed by atoms with E-state index < -0.39 is 31.7 Å². The van der Waals surface area contributed by atoms with Gasteiger partial charge in [0.15, 0.2) is 20.5 Å². The topological polar surface area (TPSA) is 113 Å². The fraction of sp³-hybridized carbons (Fsp3) is 0.926. The molecule has 3 N–H and O–H groups in total. The van der Waals surface area contributed by atoms with Crippen LogP contribution in [0.2, 0.25) is 18.1 Å². The number of hydrogen-bond donors (Lipinski definition) is 3.